The smallest absolute Gasteiger partial charge is 0.395 e. The maximum absolute atomic E-state index is 11.0. The van der Waals surface area contributed by atoms with Crippen molar-refractivity contribution in [3.8, 4) is 11.8 Å². The molecule has 27 heavy (non-hydrogen) atoms. The summed E-state index contributed by atoms with van der Waals surface area (Å²) in [6, 6.07) is 6.45. The Hall–Kier alpha value is -1.22. The van der Waals surface area contributed by atoms with Crippen molar-refractivity contribution in [3.05, 3.63) is 29.3 Å². The Morgan fingerprint density at radius 3 is 2.67 bits per heavy atom. The number of methoxy groups -OCH3 is 1. The maximum Gasteiger partial charge on any atom is 0.395 e. The molecule has 4 bridgehead atoms. The number of halogens is 1. The molecule has 0 radical (unpaired) electrons. The van der Waals surface area contributed by atoms with E-state index in [1.807, 2.05) is 6.07 Å². The Morgan fingerprint density at radius 2 is 2.11 bits per heavy atom. The Morgan fingerprint density at radius 1 is 1.33 bits per heavy atom. The van der Waals surface area contributed by atoms with Gasteiger partial charge >= 0.3 is 8.69 Å². The average molecular weight is 411 g/mol. The number of hydrogen-bond donors (Lipinski definition) is 0. The zero-order chi connectivity index (χ0) is 21.4. The second kappa shape index (κ2) is 5.89. The summed E-state index contributed by atoms with van der Waals surface area (Å²) in [5, 5.41) is 9.31. The van der Waals surface area contributed by atoms with Crippen LogP contribution in [0.5, 0.6) is 5.75 Å². The van der Waals surface area contributed by atoms with Crippen molar-refractivity contribution in [1.29, 1.82) is 5.26 Å². The molecule has 0 N–H and O–H groups in total. The summed E-state index contributed by atoms with van der Waals surface area (Å²) in [4.78, 5) is 11.1. The van der Waals surface area contributed by atoms with Crippen LogP contribution in [0, 0.1) is 29.1 Å². The van der Waals surface area contributed by atoms with Crippen LogP contribution in [-0.2, 0) is 24.9 Å². The minimum Gasteiger partial charge on any atom is -0.406 e. The van der Waals surface area contributed by atoms with Crippen molar-refractivity contribution in [2.75, 3.05) is 7.04 Å². The molecule has 0 aromatic heterocycles. The third kappa shape index (κ3) is 2.18. The zero-order valence-corrected chi connectivity index (χ0v) is 16.0. The van der Waals surface area contributed by atoms with Crippen molar-refractivity contribution < 1.29 is 27.7 Å². The van der Waals surface area contributed by atoms with Crippen LogP contribution in [0.15, 0.2) is 18.2 Å². The minimum atomic E-state index is -2.77. The lowest BCUT2D eigenvalue weighted by atomic mass is 9.46. The highest BCUT2D eigenvalue weighted by Crippen LogP contribution is 2.71. The standard InChI is InChI=1S/C19H19ClNO5P/c1-23-19(13-3-2-12(10-21)16(6-13)24-27-22)18(25-26-19)14-4-11-5-15(18)9-17(20,7-11)8-14/h2-3,6,11,14-15H,4-5,7-9H2,1H3/i1D3. The van der Waals surface area contributed by atoms with Crippen LogP contribution in [0.25, 0.3) is 0 Å². The van der Waals surface area contributed by atoms with Gasteiger partial charge in [-0.15, -0.1) is 11.6 Å². The van der Waals surface area contributed by atoms with Gasteiger partial charge in [0.25, 0.3) is 5.79 Å². The van der Waals surface area contributed by atoms with Crippen LogP contribution in [-0.4, -0.2) is 17.5 Å². The highest BCUT2D eigenvalue weighted by atomic mass is 35.5. The van der Waals surface area contributed by atoms with Crippen LogP contribution in [0.2, 0.25) is 0 Å². The van der Waals surface area contributed by atoms with Crippen LogP contribution < -0.4 is 4.52 Å². The van der Waals surface area contributed by atoms with E-state index < -0.39 is 27.1 Å². The summed E-state index contributed by atoms with van der Waals surface area (Å²) in [6.45, 7) is 0. The monoisotopic (exact) mass is 410 g/mol. The van der Waals surface area contributed by atoms with Gasteiger partial charge in [0.15, 0.2) is 11.4 Å². The van der Waals surface area contributed by atoms with E-state index in [0.717, 1.165) is 19.3 Å². The fourth-order valence-corrected chi connectivity index (χ4v) is 6.95. The van der Waals surface area contributed by atoms with Crippen molar-refractivity contribution in [2.24, 2.45) is 17.8 Å². The molecular weight excluding hydrogens is 389 g/mol. The second-order valence-electron chi connectivity index (χ2n) is 8.16. The molecule has 142 valence electrons. The van der Waals surface area contributed by atoms with Gasteiger partial charge in [0.1, 0.15) is 6.07 Å². The molecule has 1 aliphatic heterocycles. The number of rotatable bonds is 4. The van der Waals surface area contributed by atoms with E-state index in [2.05, 4.69) is 0 Å². The first-order chi connectivity index (χ1) is 14.1. The Labute approximate surface area is 168 Å². The van der Waals surface area contributed by atoms with E-state index in [1.165, 1.54) is 12.1 Å². The molecular formula is C19H19ClNO5P. The molecule has 4 aliphatic carbocycles. The van der Waals surface area contributed by atoms with Gasteiger partial charge in [0.05, 0.1) is 9.68 Å². The summed E-state index contributed by atoms with van der Waals surface area (Å²) in [5.41, 5.74) is -0.499. The summed E-state index contributed by atoms with van der Waals surface area (Å²) in [6.07, 6.45) is 4.06. The molecule has 1 heterocycles. The SMILES string of the molecule is [2H]C([2H])([2H])OC1(c2ccc(C#N)c(OP=O)c2)OOC12C1CC3CC2CC(Cl)(C3)C1. The maximum atomic E-state index is 11.0. The third-order valence-electron chi connectivity index (χ3n) is 6.90. The van der Waals surface area contributed by atoms with Crippen LogP contribution in [0.4, 0.5) is 0 Å². The van der Waals surface area contributed by atoms with Gasteiger partial charge in [-0.2, -0.15) is 10.1 Å². The van der Waals surface area contributed by atoms with Gasteiger partial charge < -0.3 is 9.26 Å². The van der Waals surface area contributed by atoms with Gasteiger partial charge in [-0.05, 0) is 62.0 Å². The molecule has 1 aromatic carbocycles. The topological polar surface area (TPSA) is 77.8 Å². The molecule has 6 rings (SSSR count). The molecule has 5 fully saturated rings. The number of alkyl halides is 1. The number of ether oxygens (including phenoxy) is 1. The molecule has 1 spiro atoms. The highest BCUT2D eigenvalue weighted by Gasteiger charge is 2.78. The molecule has 8 heteroatoms. The molecule has 6 nitrogen and oxygen atoms in total. The van der Waals surface area contributed by atoms with E-state index >= 15 is 0 Å². The van der Waals surface area contributed by atoms with Crippen LogP contribution in [0.3, 0.4) is 0 Å². The average Bonchev–Trinajstić information content (AvgIpc) is 2.63. The number of benzene rings is 1. The van der Waals surface area contributed by atoms with E-state index in [1.54, 1.807) is 6.07 Å². The predicted molar refractivity (Wildman–Crippen MR) is 95.1 cm³/mol. The molecule has 1 saturated heterocycles. The van der Waals surface area contributed by atoms with E-state index in [9.17, 15) is 9.83 Å². The Kier molecular flexibility index (Phi) is 3.21. The number of nitriles is 1. The minimum absolute atomic E-state index is 0.0324. The van der Waals surface area contributed by atoms with Crippen LogP contribution >= 0.6 is 20.3 Å². The molecule has 3 unspecified atom stereocenters. The van der Waals surface area contributed by atoms with Crippen LogP contribution in [0.1, 0.15) is 47.3 Å². The molecule has 1 aromatic rings. The lowest BCUT2D eigenvalue weighted by molar-refractivity contribution is -0.645. The van der Waals surface area contributed by atoms with E-state index in [0.29, 0.717) is 24.3 Å². The van der Waals surface area contributed by atoms with Gasteiger partial charge in [0.2, 0.25) is 0 Å². The first-order valence-electron chi connectivity index (χ1n) is 10.4. The Balaban J connectivity index is 1.65. The molecule has 4 saturated carbocycles. The van der Waals surface area contributed by atoms with Gasteiger partial charge in [-0.1, -0.05) is 6.07 Å². The van der Waals surface area contributed by atoms with Crippen molar-refractivity contribution in [2.45, 2.75) is 48.4 Å². The van der Waals surface area contributed by atoms with E-state index in [4.69, 9.17) is 34.7 Å². The van der Waals surface area contributed by atoms with Gasteiger partial charge in [-0.3, -0.25) is 0 Å². The quantitative estimate of drug-likeness (QED) is 0.414. The first-order valence-corrected chi connectivity index (χ1v) is 10.1. The lowest BCUT2D eigenvalue weighted by Crippen LogP contribution is -2.78. The summed E-state index contributed by atoms with van der Waals surface area (Å²) < 4.78 is 45.1. The first kappa shape index (κ1) is 14.7. The highest BCUT2D eigenvalue weighted by molar-refractivity contribution is 7.17. The molecule has 5 aliphatic rings. The normalized spacial score (nSPS) is 46.4. The summed E-state index contributed by atoms with van der Waals surface area (Å²) in [7, 11) is -3.40. The number of nitrogens with zero attached hydrogens (tertiary/aromatic N) is 1. The number of hydrogen-bond acceptors (Lipinski definition) is 6. The summed E-state index contributed by atoms with van der Waals surface area (Å²) in [5.74, 6) is -1.26. The lowest BCUT2D eigenvalue weighted by Gasteiger charge is -2.70. The third-order valence-corrected chi connectivity index (χ3v) is 7.63. The fourth-order valence-electron chi connectivity index (χ4n) is 6.12. The largest absolute Gasteiger partial charge is 0.406 e. The van der Waals surface area contributed by atoms with Crippen molar-refractivity contribution in [3.63, 3.8) is 0 Å². The van der Waals surface area contributed by atoms with Gasteiger partial charge in [0, 0.05) is 17.5 Å². The second-order valence-corrected chi connectivity index (χ2v) is 9.29. The summed E-state index contributed by atoms with van der Waals surface area (Å²) >= 11 is 6.88. The predicted octanol–water partition coefficient (Wildman–Crippen LogP) is 4.46. The molecule has 3 atom stereocenters. The molecule has 0 amide bonds. The Bertz CT molecular complexity index is 937. The zero-order valence-electron chi connectivity index (χ0n) is 17.3. The van der Waals surface area contributed by atoms with Gasteiger partial charge in [-0.25, -0.2) is 9.45 Å². The van der Waals surface area contributed by atoms with Crippen molar-refractivity contribution in [1.82, 2.24) is 0 Å². The fraction of sp³-hybridized carbons (Fsp3) is 0.632. The van der Waals surface area contributed by atoms with Crippen molar-refractivity contribution >= 4 is 20.3 Å². The van der Waals surface area contributed by atoms with E-state index in [-0.39, 0.29) is 28.0 Å².